The summed E-state index contributed by atoms with van der Waals surface area (Å²) in [5.74, 6) is 0.381. The molecule has 0 N–H and O–H groups in total. The topological polar surface area (TPSA) is 43.4 Å². The molecule has 0 heterocycles. The summed E-state index contributed by atoms with van der Waals surface area (Å²) in [7, 11) is 0. The fourth-order valence-corrected chi connectivity index (χ4v) is 1.48. The SMILES string of the molecule is CCOC(=O)CCC(=O)CC(CC)CC. The third kappa shape index (κ3) is 7.11. The zero-order valence-corrected chi connectivity index (χ0v) is 10.0. The average Bonchev–Trinajstić information content (AvgIpc) is 2.23. The zero-order chi connectivity index (χ0) is 11.7. The largest absolute Gasteiger partial charge is 0.466 e. The number of ether oxygens (including phenoxy) is 1. The summed E-state index contributed by atoms with van der Waals surface area (Å²) in [6.45, 7) is 6.34. The Kier molecular flexibility index (Phi) is 7.96. The number of esters is 1. The lowest BCUT2D eigenvalue weighted by atomic mass is 9.95. The molecule has 0 aliphatic rings. The van der Waals surface area contributed by atoms with E-state index in [2.05, 4.69) is 13.8 Å². The van der Waals surface area contributed by atoms with Crippen LogP contribution in [0.2, 0.25) is 0 Å². The van der Waals surface area contributed by atoms with Crippen molar-refractivity contribution in [2.24, 2.45) is 5.92 Å². The molecule has 0 aromatic carbocycles. The van der Waals surface area contributed by atoms with E-state index in [1.165, 1.54) is 0 Å². The second-order valence-electron chi connectivity index (χ2n) is 3.73. The standard InChI is InChI=1S/C12H22O3/c1-4-10(5-2)9-11(13)7-8-12(14)15-6-3/h10H,4-9H2,1-3H3. The normalized spacial score (nSPS) is 10.4. The maximum Gasteiger partial charge on any atom is 0.306 e. The summed E-state index contributed by atoms with van der Waals surface area (Å²) in [4.78, 5) is 22.5. The number of rotatable bonds is 8. The van der Waals surface area contributed by atoms with Crippen LogP contribution >= 0.6 is 0 Å². The number of hydrogen-bond acceptors (Lipinski definition) is 3. The molecule has 15 heavy (non-hydrogen) atoms. The van der Waals surface area contributed by atoms with Gasteiger partial charge < -0.3 is 4.74 Å². The lowest BCUT2D eigenvalue weighted by molar-refractivity contribution is -0.144. The van der Waals surface area contributed by atoms with Gasteiger partial charge in [0.2, 0.25) is 0 Å². The minimum atomic E-state index is -0.268. The molecule has 0 aromatic rings. The van der Waals surface area contributed by atoms with Gasteiger partial charge in [-0.2, -0.15) is 0 Å². The summed E-state index contributed by atoms with van der Waals surface area (Å²) in [6, 6.07) is 0. The Morgan fingerprint density at radius 1 is 1.07 bits per heavy atom. The van der Waals surface area contributed by atoms with Crippen LogP contribution in [0.3, 0.4) is 0 Å². The van der Waals surface area contributed by atoms with Crippen LogP contribution in [-0.4, -0.2) is 18.4 Å². The van der Waals surface area contributed by atoms with Crippen molar-refractivity contribution in [3.8, 4) is 0 Å². The molecule has 88 valence electrons. The first-order chi connectivity index (χ1) is 7.13. The summed E-state index contributed by atoms with van der Waals surface area (Å²) in [5, 5.41) is 0. The minimum Gasteiger partial charge on any atom is -0.466 e. The molecule has 3 nitrogen and oxygen atoms in total. The number of ketones is 1. The number of Topliss-reactive ketones (excluding diaryl/α,β-unsaturated/α-hetero) is 1. The van der Waals surface area contributed by atoms with Crippen LogP contribution in [0.15, 0.2) is 0 Å². The van der Waals surface area contributed by atoms with Crippen molar-refractivity contribution in [1.29, 1.82) is 0 Å². The quantitative estimate of drug-likeness (QED) is 0.583. The summed E-state index contributed by atoms with van der Waals surface area (Å²) in [6.07, 6.45) is 3.22. The highest BCUT2D eigenvalue weighted by molar-refractivity contribution is 5.83. The smallest absolute Gasteiger partial charge is 0.306 e. The molecule has 0 aromatic heterocycles. The predicted molar refractivity (Wildman–Crippen MR) is 59.6 cm³/mol. The lowest BCUT2D eigenvalue weighted by Crippen LogP contribution is -2.11. The summed E-state index contributed by atoms with van der Waals surface area (Å²) in [5.41, 5.74) is 0. The molecule has 0 amide bonds. The van der Waals surface area contributed by atoms with Gasteiger partial charge in [0.15, 0.2) is 0 Å². The van der Waals surface area contributed by atoms with Crippen molar-refractivity contribution < 1.29 is 14.3 Å². The van der Waals surface area contributed by atoms with Crippen molar-refractivity contribution in [2.75, 3.05) is 6.61 Å². The minimum absolute atomic E-state index is 0.178. The third-order valence-corrected chi connectivity index (χ3v) is 2.58. The molecule has 0 unspecified atom stereocenters. The van der Waals surface area contributed by atoms with E-state index in [4.69, 9.17) is 4.74 Å². The van der Waals surface area contributed by atoms with E-state index in [1.54, 1.807) is 6.92 Å². The monoisotopic (exact) mass is 214 g/mol. The Labute approximate surface area is 92.2 Å². The molecule has 0 spiro atoms. The fourth-order valence-electron chi connectivity index (χ4n) is 1.48. The molecule has 0 bridgehead atoms. The maximum absolute atomic E-state index is 11.5. The van der Waals surface area contributed by atoms with Crippen molar-refractivity contribution in [1.82, 2.24) is 0 Å². The predicted octanol–water partition coefficient (Wildman–Crippen LogP) is 2.73. The van der Waals surface area contributed by atoms with E-state index in [-0.39, 0.29) is 18.2 Å². The molecule has 0 radical (unpaired) electrons. The highest BCUT2D eigenvalue weighted by atomic mass is 16.5. The number of carbonyl (C=O) groups is 2. The van der Waals surface area contributed by atoms with Crippen LogP contribution in [0.4, 0.5) is 0 Å². The second-order valence-corrected chi connectivity index (χ2v) is 3.73. The molecule has 3 heteroatoms. The first-order valence-corrected chi connectivity index (χ1v) is 5.81. The van der Waals surface area contributed by atoms with Gasteiger partial charge in [-0.15, -0.1) is 0 Å². The van der Waals surface area contributed by atoms with Crippen LogP contribution in [0, 0.1) is 5.92 Å². The van der Waals surface area contributed by atoms with Crippen molar-refractivity contribution >= 4 is 11.8 Å². The third-order valence-electron chi connectivity index (χ3n) is 2.58. The van der Waals surface area contributed by atoms with Crippen molar-refractivity contribution in [2.45, 2.75) is 52.9 Å². The van der Waals surface area contributed by atoms with Crippen LogP contribution in [-0.2, 0) is 14.3 Å². The summed E-state index contributed by atoms with van der Waals surface area (Å²) < 4.78 is 4.76. The van der Waals surface area contributed by atoms with Crippen LogP contribution in [0.5, 0.6) is 0 Å². The molecule has 0 fully saturated rings. The maximum atomic E-state index is 11.5. The Balaban J connectivity index is 3.69. The van der Waals surface area contributed by atoms with Crippen molar-refractivity contribution in [3.05, 3.63) is 0 Å². The number of carbonyl (C=O) groups excluding carboxylic acids is 2. The van der Waals surface area contributed by atoms with Crippen LogP contribution in [0.25, 0.3) is 0 Å². The highest BCUT2D eigenvalue weighted by Crippen LogP contribution is 2.14. The highest BCUT2D eigenvalue weighted by Gasteiger charge is 2.12. The molecule has 0 aliphatic carbocycles. The van der Waals surface area contributed by atoms with Crippen molar-refractivity contribution in [3.63, 3.8) is 0 Å². The Bertz CT molecular complexity index is 195. The Morgan fingerprint density at radius 3 is 2.13 bits per heavy atom. The Hall–Kier alpha value is -0.860. The van der Waals surface area contributed by atoms with Gasteiger partial charge in [-0.1, -0.05) is 26.7 Å². The molecule has 0 aliphatic heterocycles. The van der Waals surface area contributed by atoms with E-state index in [0.717, 1.165) is 12.8 Å². The Morgan fingerprint density at radius 2 is 1.67 bits per heavy atom. The van der Waals surface area contributed by atoms with E-state index in [1.807, 2.05) is 0 Å². The van der Waals surface area contributed by atoms with Crippen LogP contribution < -0.4 is 0 Å². The van der Waals surface area contributed by atoms with E-state index >= 15 is 0 Å². The van der Waals surface area contributed by atoms with Gasteiger partial charge in [0.1, 0.15) is 5.78 Å². The second kappa shape index (κ2) is 8.45. The zero-order valence-electron chi connectivity index (χ0n) is 10.0. The van der Waals surface area contributed by atoms with E-state index < -0.39 is 0 Å². The van der Waals surface area contributed by atoms with Gasteiger partial charge in [-0.25, -0.2) is 0 Å². The number of hydrogen-bond donors (Lipinski definition) is 0. The van der Waals surface area contributed by atoms with Gasteiger partial charge in [0.05, 0.1) is 13.0 Å². The first kappa shape index (κ1) is 14.1. The molecular formula is C12H22O3. The van der Waals surface area contributed by atoms with E-state index in [0.29, 0.717) is 25.4 Å². The lowest BCUT2D eigenvalue weighted by Gasteiger charge is -2.10. The molecule has 0 saturated carbocycles. The van der Waals surface area contributed by atoms with Gasteiger partial charge >= 0.3 is 5.97 Å². The van der Waals surface area contributed by atoms with Gasteiger partial charge in [-0.05, 0) is 12.8 Å². The van der Waals surface area contributed by atoms with Crippen LogP contribution in [0.1, 0.15) is 52.9 Å². The molecule has 0 rings (SSSR count). The average molecular weight is 214 g/mol. The molecule has 0 saturated heterocycles. The van der Waals surface area contributed by atoms with Gasteiger partial charge in [0, 0.05) is 12.8 Å². The molecule has 0 atom stereocenters. The van der Waals surface area contributed by atoms with E-state index in [9.17, 15) is 9.59 Å². The van der Waals surface area contributed by atoms with Gasteiger partial charge in [-0.3, -0.25) is 9.59 Å². The first-order valence-electron chi connectivity index (χ1n) is 5.81. The van der Waals surface area contributed by atoms with Gasteiger partial charge in [0.25, 0.3) is 0 Å². The molecular weight excluding hydrogens is 192 g/mol. The fraction of sp³-hybridized carbons (Fsp3) is 0.833. The summed E-state index contributed by atoms with van der Waals surface area (Å²) >= 11 is 0.